The standard InChI is InChI=1S/C16H16BrClN4O.ClH/c17-14-9-11(18)1-3-13(14)16(23)21-15-4-2-12(10-20-15)22-7-5-19-6-8-22;/h1-4,9-10,19H,5-8H2,(H,20,21,23);1H. The van der Waals surface area contributed by atoms with Gasteiger partial charge in [0.25, 0.3) is 5.91 Å². The Bertz CT molecular complexity index is 706. The molecule has 3 rings (SSSR count). The molecule has 1 aliphatic rings. The van der Waals surface area contributed by atoms with E-state index >= 15 is 0 Å². The number of amides is 1. The van der Waals surface area contributed by atoms with Gasteiger partial charge in [-0.3, -0.25) is 4.79 Å². The number of anilines is 2. The molecule has 1 aliphatic heterocycles. The van der Waals surface area contributed by atoms with Gasteiger partial charge in [-0.25, -0.2) is 4.98 Å². The molecule has 0 unspecified atom stereocenters. The van der Waals surface area contributed by atoms with Gasteiger partial charge in [-0.1, -0.05) is 11.6 Å². The Hall–Kier alpha value is -1.34. The van der Waals surface area contributed by atoms with E-state index in [-0.39, 0.29) is 18.3 Å². The Morgan fingerprint density at radius 1 is 1.25 bits per heavy atom. The fourth-order valence-corrected chi connectivity index (χ4v) is 3.29. The summed E-state index contributed by atoms with van der Waals surface area (Å²) in [6.07, 6.45) is 1.79. The van der Waals surface area contributed by atoms with E-state index in [1.54, 1.807) is 24.4 Å². The van der Waals surface area contributed by atoms with Crippen LogP contribution in [0.15, 0.2) is 41.0 Å². The van der Waals surface area contributed by atoms with Crippen LogP contribution >= 0.6 is 39.9 Å². The molecular formula is C16H17BrCl2N4O. The van der Waals surface area contributed by atoms with Crippen molar-refractivity contribution in [2.24, 2.45) is 0 Å². The summed E-state index contributed by atoms with van der Waals surface area (Å²) >= 11 is 9.24. The summed E-state index contributed by atoms with van der Waals surface area (Å²) in [6.45, 7) is 3.88. The number of piperazine rings is 1. The highest BCUT2D eigenvalue weighted by Gasteiger charge is 2.13. The van der Waals surface area contributed by atoms with Crippen LogP contribution in [0.3, 0.4) is 0 Å². The first-order chi connectivity index (χ1) is 11.1. The number of pyridine rings is 1. The predicted molar refractivity (Wildman–Crippen MR) is 104 cm³/mol. The SMILES string of the molecule is Cl.O=C(Nc1ccc(N2CCNCC2)cn1)c1ccc(Cl)cc1Br. The fraction of sp³-hybridized carbons (Fsp3) is 0.250. The number of hydrogen-bond acceptors (Lipinski definition) is 4. The molecule has 5 nitrogen and oxygen atoms in total. The Balaban J connectivity index is 0.00000208. The first-order valence-electron chi connectivity index (χ1n) is 7.31. The lowest BCUT2D eigenvalue weighted by molar-refractivity contribution is 0.102. The summed E-state index contributed by atoms with van der Waals surface area (Å²) < 4.78 is 0.653. The summed E-state index contributed by atoms with van der Waals surface area (Å²) in [5.74, 6) is 0.298. The van der Waals surface area contributed by atoms with Crippen LogP contribution in [0.1, 0.15) is 10.4 Å². The maximum atomic E-state index is 12.3. The van der Waals surface area contributed by atoms with Crippen LogP contribution in [0, 0.1) is 0 Å². The molecular weight excluding hydrogens is 415 g/mol. The Morgan fingerprint density at radius 3 is 2.62 bits per heavy atom. The number of carbonyl (C=O) groups is 1. The highest BCUT2D eigenvalue weighted by atomic mass is 79.9. The summed E-state index contributed by atoms with van der Waals surface area (Å²) in [7, 11) is 0. The topological polar surface area (TPSA) is 57.3 Å². The van der Waals surface area contributed by atoms with Crippen molar-refractivity contribution in [3.8, 4) is 0 Å². The summed E-state index contributed by atoms with van der Waals surface area (Å²) in [4.78, 5) is 18.9. The molecule has 8 heteroatoms. The van der Waals surface area contributed by atoms with Crippen molar-refractivity contribution in [3.05, 3.63) is 51.6 Å². The number of carbonyl (C=O) groups excluding carboxylic acids is 1. The van der Waals surface area contributed by atoms with E-state index in [4.69, 9.17) is 11.6 Å². The van der Waals surface area contributed by atoms with Crippen molar-refractivity contribution < 1.29 is 4.79 Å². The van der Waals surface area contributed by atoms with Gasteiger partial charge in [0.15, 0.2) is 0 Å². The fourth-order valence-electron chi connectivity index (χ4n) is 2.43. The van der Waals surface area contributed by atoms with Crippen LogP contribution in [0.4, 0.5) is 11.5 Å². The van der Waals surface area contributed by atoms with Crippen LogP contribution in [-0.4, -0.2) is 37.1 Å². The van der Waals surface area contributed by atoms with Gasteiger partial charge in [-0.05, 0) is 46.3 Å². The number of hydrogen-bond donors (Lipinski definition) is 2. The smallest absolute Gasteiger partial charge is 0.257 e. The predicted octanol–water partition coefficient (Wildman–Crippen LogP) is 3.58. The second-order valence-corrected chi connectivity index (χ2v) is 6.51. The van der Waals surface area contributed by atoms with Crippen LogP contribution in [-0.2, 0) is 0 Å². The molecule has 128 valence electrons. The molecule has 2 aromatic rings. The molecule has 0 spiro atoms. The van der Waals surface area contributed by atoms with Crippen molar-refractivity contribution in [3.63, 3.8) is 0 Å². The average Bonchev–Trinajstić information content (AvgIpc) is 2.56. The third kappa shape index (κ3) is 4.60. The first-order valence-corrected chi connectivity index (χ1v) is 8.49. The minimum absolute atomic E-state index is 0. The van der Waals surface area contributed by atoms with Gasteiger partial charge < -0.3 is 15.5 Å². The van der Waals surface area contributed by atoms with Crippen LogP contribution in [0.5, 0.6) is 0 Å². The van der Waals surface area contributed by atoms with E-state index in [2.05, 4.69) is 36.4 Å². The zero-order valence-corrected chi connectivity index (χ0v) is 15.9. The molecule has 0 saturated carbocycles. The quantitative estimate of drug-likeness (QED) is 0.779. The van der Waals surface area contributed by atoms with Crippen molar-refractivity contribution >= 4 is 57.4 Å². The molecule has 1 aromatic carbocycles. The largest absolute Gasteiger partial charge is 0.368 e. The monoisotopic (exact) mass is 430 g/mol. The van der Waals surface area contributed by atoms with Gasteiger partial charge in [-0.2, -0.15) is 0 Å². The number of benzene rings is 1. The van der Waals surface area contributed by atoms with E-state index in [9.17, 15) is 4.79 Å². The maximum Gasteiger partial charge on any atom is 0.257 e. The Morgan fingerprint density at radius 2 is 2.00 bits per heavy atom. The maximum absolute atomic E-state index is 12.3. The van der Waals surface area contributed by atoms with Gasteiger partial charge in [0.1, 0.15) is 5.82 Å². The summed E-state index contributed by atoms with van der Waals surface area (Å²) in [6, 6.07) is 8.85. The van der Waals surface area contributed by atoms with E-state index in [1.807, 2.05) is 12.1 Å². The zero-order valence-electron chi connectivity index (χ0n) is 12.8. The number of halogens is 3. The molecule has 1 fully saturated rings. The van der Waals surface area contributed by atoms with Crippen molar-refractivity contribution in [1.82, 2.24) is 10.3 Å². The van der Waals surface area contributed by atoms with Gasteiger partial charge in [0.05, 0.1) is 17.4 Å². The van der Waals surface area contributed by atoms with Crippen molar-refractivity contribution in [2.75, 3.05) is 36.4 Å². The van der Waals surface area contributed by atoms with E-state index in [0.29, 0.717) is 20.9 Å². The molecule has 0 atom stereocenters. The molecule has 1 saturated heterocycles. The molecule has 1 aromatic heterocycles. The van der Waals surface area contributed by atoms with Gasteiger partial charge in [0.2, 0.25) is 0 Å². The molecule has 2 N–H and O–H groups in total. The average molecular weight is 432 g/mol. The van der Waals surface area contributed by atoms with Gasteiger partial charge >= 0.3 is 0 Å². The van der Waals surface area contributed by atoms with Crippen LogP contribution in [0.25, 0.3) is 0 Å². The van der Waals surface area contributed by atoms with E-state index < -0.39 is 0 Å². The minimum Gasteiger partial charge on any atom is -0.368 e. The molecule has 1 amide bonds. The van der Waals surface area contributed by atoms with E-state index in [1.165, 1.54) is 0 Å². The number of aromatic nitrogens is 1. The molecule has 2 heterocycles. The van der Waals surface area contributed by atoms with Crippen LogP contribution < -0.4 is 15.5 Å². The van der Waals surface area contributed by atoms with Gasteiger partial charge in [-0.15, -0.1) is 12.4 Å². The molecule has 0 bridgehead atoms. The lowest BCUT2D eigenvalue weighted by Gasteiger charge is -2.29. The number of rotatable bonds is 3. The molecule has 0 aliphatic carbocycles. The first kappa shape index (κ1) is 19.0. The van der Waals surface area contributed by atoms with Crippen molar-refractivity contribution in [2.45, 2.75) is 0 Å². The minimum atomic E-state index is -0.226. The van der Waals surface area contributed by atoms with Crippen molar-refractivity contribution in [1.29, 1.82) is 0 Å². The van der Waals surface area contributed by atoms with E-state index in [0.717, 1.165) is 31.9 Å². The molecule has 24 heavy (non-hydrogen) atoms. The summed E-state index contributed by atoms with van der Waals surface area (Å²) in [5, 5.41) is 6.69. The zero-order chi connectivity index (χ0) is 16.2. The normalized spacial score (nSPS) is 14.0. The third-order valence-corrected chi connectivity index (χ3v) is 4.54. The highest BCUT2D eigenvalue weighted by molar-refractivity contribution is 9.10. The lowest BCUT2D eigenvalue weighted by Crippen LogP contribution is -2.43. The number of nitrogens with one attached hydrogen (secondary N) is 2. The Labute approximate surface area is 160 Å². The summed E-state index contributed by atoms with van der Waals surface area (Å²) in [5.41, 5.74) is 1.58. The lowest BCUT2D eigenvalue weighted by atomic mass is 10.2. The second-order valence-electron chi connectivity index (χ2n) is 5.22. The highest BCUT2D eigenvalue weighted by Crippen LogP contribution is 2.23. The van der Waals surface area contributed by atoms with Gasteiger partial charge in [0, 0.05) is 35.7 Å². The number of nitrogens with zero attached hydrogens (tertiary/aromatic N) is 2. The second kappa shape index (κ2) is 8.67. The Kier molecular flexibility index (Phi) is 6.86. The van der Waals surface area contributed by atoms with Crippen LogP contribution in [0.2, 0.25) is 5.02 Å². The third-order valence-electron chi connectivity index (χ3n) is 3.65. The molecule has 0 radical (unpaired) electrons.